The van der Waals surface area contributed by atoms with E-state index in [0.717, 1.165) is 0 Å². The first kappa shape index (κ1) is 15.6. The Morgan fingerprint density at radius 2 is 1.76 bits per heavy atom. The Kier molecular flexibility index (Phi) is 4.71. The van der Waals surface area contributed by atoms with Crippen molar-refractivity contribution in [2.24, 2.45) is 0 Å². The molecule has 1 aromatic carbocycles. The van der Waals surface area contributed by atoms with Crippen LogP contribution < -0.4 is 19.8 Å². The van der Waals surface area contributed by atoms with Gasteiger partial charge in [0, 0.05) is 0 Å². The summed E-state index contributed by atoms with van der Waals surface area (Å²) in [6.45, 7) is 1.79. The molecular weight excluding hydrogens is 387 g/mol. The minimum atomic E-state index is -0.185. The first-order valence-electron chi connectivity index (χ1n) is 6.09. The van der Waals surface area contributed by atoms with Crippen LogP contribution in [0.25, 0.3) is 11.4 Å². The molecule has 0 aliphatic rings. The molecule has 0 radical (unpaired) electrons. The van der Waals surface area contributed by atoms with E-state index in [-0.39, 0.29) is 5.56 Å². The lowest BCUT2D eigenvalue weighted by molar-refractivity contribution is 0.325. The molecule has 0 spiro atoms. The Morgan fingerprint density at radius 3 is 2.29 bits per heavy atom. The highest BCUT2D eigenvalue weighted by molar-refractivity contribution is 14.1. The molecule has 1 aromatic heterocycles. The number of hydrogen-bond donors (Lipinski definition) is 1. The number of rotatable bonds is 4. The molecular formula is C14H15IN2O4. The number of aromatic nitrogens is 2. The molecule has 1 heterocycles. The summed E-state index contributed by atoms with van der Waals surface area (Å²) in [7, 11) is 4.60. The van der Waals surface area contributed by atoms with Gasteiger partial charge in [0.1, 0.15) is 5.82 Å². The van der Waals surface area contributed by atoms with Gasteiger partial charge in [-0.2, -0.15) is 0 Å². The number of ether oxygens (including phenoxy) is 3. The molecule has 0 fully saturated rings. The second-order valence-electron chi connectivity index (χ2n) is 4.20. The van der Waals surface area contributed by atoms with Crippen LogP contribution in [0.4, 0.5) is 0 Å². The molecule has 112 valence electrons. The lowest BCUT2D eigenvalue weighted by atomic mass is 10.1. The van der Waals surface area contributed by atoms with E-state index in [1.54, 1.807) is 26.2 Å². The quantitative estimate of drug-likeness (QED) is 0.796. The topological polar surface area (TPSA) is 73.4 Å². The molecule has 0 amide bonds. The summed E-state index contributed by atoms with van der Waals surface area (Å²) in [6, 6.07) is 3.51. The second-order valence-corrected chi connectivity index (χ2v) is 5.27. The molecule has 6 nitrogen and oxygen atoms in total. The average molecular weight is 402 g/mol. The van der Waals surface area contributed by atoms with Gasteiger partial charge in [-0.3, -0.25) is 4.79 Å². The normalized spacial score (nSPS) is 10.3. The van der Waals surface area contributed by atoms with E-state index in [1.165, 1.54) is 14.2 Å². The van der Waals surface area contributed by atoms with Crippen LogP contribution in [-0.2, 0) is 0 Å². The van der Waals surface area contributed by atoms with Crippen molar-refractivity contribution in [2.75, 3.05) is 21.3 Å². The van der Waals surface area contributed by atoms with Gasteiger partial charge in [0.25, 0.3) is 5.56 Å². The van der Waals surface area contributed by atoms with E-state index in [1.807, 2.05) is 22.6 Å². The number of halogens is 1. The average Bonchev–Trinajstić information content (AvgIpc) is 2.50. The number of methoxy groups -OCH3 is 3. The summed E-state index contributed by atoms with van der Waals surface area (Å²) in [4.78, 5) is 19.1. The van der Waals surface area contributed by atoms with E-state index >= 15 is 0 Å². The van der Waals surface area contributed by atoms with Gasteiger partial charge in [-0.05, 0) is 41.6 Å². The van der Waals surface area contributed by atoms with Gasteiger partial charge in [-0.25, -0.2) is 4.98 Å². The van der Waals surface area contributed by atoms with Crippen molar-refractivity contribution < 1.29 is 14.2 Å². The number of nitrogens with one attached hydrogen (secondary N) is 1. The standard InChI is InChI=1S/C14H15IN2O4/c1-7-10(15)14(18)17-13(16-7)8-5-6-9(19-2)12(21-4)11(8)20-3/h5-6H,1-4H3,(H,16,17,18). The Hall–Kier alpha value is -1.77. The van der Waals surface area contributed by atoms with Gasteiger partial charge in [-0.15, -0.1) is 0 Å². The first-order valence-corrected chi connectivity index (χ1v) is 7.17. The van der Waals surface area contributed by atoms with E-state index in [0.29, 0.717) is 37.9 Å². The maximum absolute atomic E-state index is 11.9. The van der Waals surface area contributed by atoms with Crippen molar-refractivity contribution in [3.63, 3.8) is 0 Å². The smallest absolute Gasteiger partial charge is 0.264 e. The molecule has 0 saturated carbocycles. The van der Waals surface area contributed by atoms with Crippen LogP contribution >= 0.6 is 22.6 Å². The fourth-order valence-electron chi connectivity index (χ4n) is 1.99. The number of aryl methyl sites for hydroxylation is 1. The SMILES string of the molecule is COc1ccc(-c2nc(C)c(I)c(=O)[nH]2)c(OC)c1OC. The molecule has 0 atom stereocenters. The number of nitrogens with zero attached hydrogens (tertiary/aromatic N) is 1. The van der Waals surface area contributed by atoms with Crippen molar-refractivity contribution in [1.82, 2.24) is 9.97 Å². The zero-order valence-electron chi connectivity index (χ0n) is 12.1. The predicted octanol–water partition coefficient (Wildman–Crippen LogP) is 2.38. The van der Waals surface area contributed by atoms with Crippen molar-refractivity contribution >= 4 is 22.6 Å². The summed E-state index contributed by atoms with van der Waals surface area (Å²) in [5.41, 5.74) is 1.10. The zero-order valence-corrected chi connectivity index (χ0v) is 14.3. The molecule has 0 aliphatic heterocycles. The van der Waals surface area contributed by atoms with Crippen molar-refractivity contribution in [1.29, 1.82) is 0 Å². The van der Waals surface area contributed by atoms with Gasteiger partial charge in [0.2, 0.25) is 5.75 Å². The van der Waals surface area contributed by atoms with Gasteiger partial charge in [0.15, 0.2) is 11.5 Å². The van der Waals surface area contributed by atoms with Crippen LogP contribution in [-0.4, -0.2) is 31.3 Å². The minimum Gasteiger partial charge on any atom is -0.493 e. The molecule has 0 bridgehead atoms. The molecule has 0 unspecified atom stereocenters. The van der Waals surface area contributed by atoms with E-state index in [9.17, 15) is 4.79 Å². The predicted molar refractivity (Wildman–Crippen MR) is 87.4 cm³/mol. The fourth-order valence-corrected chi connectivity index (χ4v) is 2.24. The molecule has 2 aromatic rings. The largest absolute Gasteiger partial charge is 0.493 e. The van der Waals surface area contributed by atoms with Crippen molar-refractivity contribution in [2.45, 2.75) is 6.92 Å². The summed E-state index contributed by atoms with van der Waals surface area (Å²) in [5.74, 6) is 1.88. The van der Waals surface area contributed by atoms with Crippen molar-refractivity contribution in [3.8, 4) is 28.6 Å². The second kappa shape index (κ2) is 6.33. The highest BCUT2D eigenvalue weighted by Gasteiger charge is 2.19. The maximum atomic E-state index is 11.9. The van der Waals surface area contributed by atoms with E-state index in [4.69, 9.17) is 14.2 Å². The van der Waals surface area contributed by atoms with Crippen LogP contribution in [0.2, 0.25) is 0 Å². The van der Waals surface area contributed by atoms with Crippen LogP contribution in [0.15, 0.2) is 16.9 Å². The summed E-state index contributed by atoms with van der Waals surface area (Å²) in [5, 5.41) is 0. The summed E-state index contributed by atoms with van der Waals surface area (Å²) < 4.78 is 16.5. The third kappa shape index (κ3) is 2.82. The lowest BCUT2D eigenvalue weighted by Crippen LogP contribution is -2.15. The molecule has 0 saturated heterocycles. The Morgan fingerprint density at radius 1 is 1.10 bits per heavy atom. The molecule has 2 rings (SSSR count). The summed E-state index contributed by atoms with van der Waals surface area (Å²) >= 11 is 1.97. The van der Waals surface area contributed by atoms with Gasteiger partial charge in [0.05, 0.1) is 36.2 Å². The lowest BCUT2D eigenvalue weighted by Gasteiger charge is -2.15. The Balaban J connectivity index is 2.72. The van der Waals surface area contributed by atoms with Crippen LogP contribution in [0.5, 0.6) is 17.2 Å². The summed E-state index contributed by atoms with van der Waals surface area (Å²) in [6.07, 6.45) is 0. The van der Waals surface area contributed by atoms with Crippen LogP contribution in [0.3, 0.4) is 0 Å². The van der Waals surface area contributed by atoms with Gasteiger partial charge < -0.3 is 19.2 Å². The number of hydrogen-bond acceptors (Lipinski definition) is 5. The number of H-pyrrole nitrogens is 1. The minimum absolute atomic E-state index is 0.185. The highest BCUT2D eigenvalue weighted by atomic mass is 127. The zero-order chi connectivity index (χ0) is 15.6. The van der Waals surface area contributed by atoms with E-state index < -0.39 is 0 Å². The highest BCUT2D eigenvalue weighted by Crippen LogP contribution is 2.43. The monoisotopic (exact) mass is 402 g/mol. The third-order valence-corrected chi connectivity index (χ3v) is 4.26. The first-order chi connectivity index (χ1) is 10.0. The van der Waals surface area contributed by atoms with Gasteiger partial charge in [-0.1, -0.05) is 0 Å². The van der Waals surface area contributed by atoms with Crippen molar-refractivity contribution in [3.05, 3.63) is 31.8 Å². The molecule has 1 N–H and O–H groups in total. The van der Waals surface area contributed by atoms with Gasteiger partial charge >= 0.3 is 0 Å². The Bertz CT molecular complexity index is 728. The van der Waals surface area contributed by atoms with E-state index in [2.05, 4.69) is 9.97 Å². The maximum Gasteiger partial charge on any atom is 0.264 e. The fraction of sp³-hybridized carbons (Fsp3) is 0.286. The third-order valence-electron chi connectivity index (χ3n) is 2.99. The number of benzene rings is 1. The molecule has 0 aliphatic carbocycles. The molecule has 7 heteroatoms. The van der Waals surface area contributed by atoms with Crippen LogP contribution in [0.1, 0.15) is 5.69 Å². The molecule has 21 heavy (non-hydrogen) atoms. The Labute approximate surface area is 135 Å². The number of aromatic amines is 1. The van der Waals surface area contributed by atoms with Crippen LogP contribution in [0, 0.1) is 10.5 Å².